The molecule has 2 heterocycles. The lowest BCUT2D eigenvalue weighted by atomic mass is 9.78. The molecule has 2 atom stereocenters. The Balaban J connectivity index is 1.79. The van der Waals surface area contributed by atoms with Crippen LogP contribution in [0.4, 0.5) is 13.2 Å². The smallest absolute Gasteiger partial charge is 0.385 e. The number of fused-ring (bicyclic) bond motifs is 1. The van der Waals surface area contributed by atoms with Gasteiger partial charge in [-0.3, -0.25) is 0 Å². The number of halogens is 3. The minimum atomic E-state index is -4.33. The summed E-state index contributed by atoms with van der Waals surface area (Å²) in [6.45, 7) is 1.90. The van der Waals surface area contributed by atoms with Crippen LogP contribution in [0.2, 0.25) is 0 Å². The standard InChI is InChI=1S/C16H20F3NO/c17-16(18,19)13-6-4-12(5-7-13)15(21)8-10-20-9-2-1-3-14(20)11-15/h4-7,14,21H,1-3,8-11H2/t14-,15+/m0/s1. The highest BCUT2D eigenvalue weighted by molar-refractivity contribution is 5.29. The van der Waals surface area contributed by atoms with Gasteiger partial charge < -0.3 is 10.0 Å². The van der Waals surface area contributed by atoms with Gasteiger partial charge in [0.05, 0.1) is 11.2 Å². The average molecular weight is 299 g/mol. The molecule has 0 radical (unpaired) electrons. The minimum Gasteiger partial charge on any atom is -0.385 e. The van der Waals surface area contributed by atoms with Gasteiger partial charge >= 0.3 is 6.18 Å². The molecular weight excluding hydrogens is 279 g/mol. The van der Waals surface area contributed by atoms with Crippen molar-refractivity contribution in [2.24, 2.45) is 0 Å². The summed E-state index contributed by atoms with van der Waals surface area (Å²) in [7, 11) is 0. The highest BCUT2D eigenvalue weighted by Gasteiger charge is 2.40. The predicted molar refractivity (Wildman–Crippen MR) is 73.8 cm³/mol. The first-order valence-corrected chi connectivity index (χ1v) is 7.53. The van der Waals surface area contributed by atoms with E-state index in [9.17, 15) is 18.3 Å². The number of nitrogens with zero attached hydrogens (tertiary/aromatic N) is 1. The highest BCUT2D eigenvalue weighted by atomic mass is 19.4. The Morgan fingerprint density at radius 2 is 1.81 bits per heavy atom. The van der Waals surface area contributed by atoms with Crippen molar-refractivity contribution in [1.82, 2.24) is 4.90 Å². The molecule has 2 aliphatic rings. The maximum atomic E-state index is 12.6. The fourth-order valence-electron chi connectivity index (χ4n) is 3.64. The molecule has 3 rings (SSSR count). The van der Waals surface area contributed by atoms with Crippen molar-refractivity contribution < 1.29 is 18.3 Å². The number of alkyl halides is 3. The minimum absolute atomic E-state index is 0.361. The van der Waals surface area contributed by atoms with Crippen LogP contribution in [-0.2, 0) is 11.8 Å². The van der Waals surface area contributed by atoms with Crippen LogP contribution in [0, 0.1) is 0 Å². The number of benzene rings is 1. The van der Waals surface area contributed by atoms with Gasteiger partial charge in [0.2, 0.25) is 0 Å². The van der Waals surface area contributed by atoms with E-state index in [1.165, 1.54) is 25.0 Å². The third-order valence-corrected chi connectivity index (χ3v) is 4.88. The predicted octanol–water partition coefficient (Wildman–Crippen LogP) is 3.54. The zero-order chi connectivity index (χ0) is 15.1. The van der Waals surface area contributed by atoms with Crippen LogP contribution in [0.5, 0.6) is 0 Å². The molecule has 1 N–H and O–H groups in total. The zero-order valence-corrected chi connectivity index (χ0v) is 11.9. The van der Waals surface area contributed by atoms with E-state index in [4.69, 9.17) is 0 Å². The summed E-state index contributed by atoms with van der Waals surface area (Å²) in [5.41, 5.74) is -1.03. The summed E-state index contributed by atoms with van der Waals surface area (Å²) in [5.74, 6) is 0. The van der Waals surface area contributed by atoms with E-state index < -0.39 is 17.3 Å². The quantitative estimate of drug-likeness (QED) is 0.857. The lowest BCUT2D eigenvalue weighted by molar-refractivity contribution is -0.137. The summed E-state index contributed by atoms with van der Waals surface area (Å²) >= 11 is 0. The van der Waals surface area contributed by atoms with E-state index in [2.05, 4.69) is 4.90 Å². The SMILES string of the molecule is O[C@]1(c2ccc(C(F)(F)F)cc2)CCN2CCCC[C@H]2C1. The molecule has 21 heavy (non-hydrogen) atoms. The Hall–Kier alpha value is -1.07. The summed E-state index contributed by atoms with van der Waals surface area (Å²) in [5, 5.41) is 10.9. The number of hydrogen-bond acceptors (Lipinski definition) is 2. The van der Waals surface area contributed by atoms with E-state index in [-0.39, 0.29) is 0 Å². The average Bonchev–Trinajstić information content (AvgIpc) is 2.46. The highest BCUT2D eigenvalue weighted by Crippen LogP contribution is 2.39. The normalized spacial score (nSPS) is 31.0. The number of hydrogen-bond donors (Lipinski definition) is 1. The zero-order valence-electron chi connectivity index (χ0n) is 11.9. The van der Waals surface area contributed by atoms with Gasteiger partial charge in [0.25, 0.3) is 0 Å². The molecule has 0 bridgehead atoms. The molecule has 2 fully saturated rings. The summed E-state index contributed by atoms with van der Waals surface area (Å²) in [6.07, 6.45) is 0.337. The van der Waals surface area contributed by atoms with Crippen LogP contribution in [0.3, 0.4) is 0 Å². The van der Waals surface area contributed by atoms with Crippen molar-refractivity contribution in [3.05, 3.63) is 35.4 Å². The molecule has 5 heteroatoms. The van der Waals surface area contributed by atoms with Gasteiger partial charge in [-0.25, -0.2) is 0 Å². The van der Waals surface area contributed by atoms with Gasteiger partial charge in [0, 0.05) is 12.6 Å². The van der Waals surface area contributed by atoms with Crippen molar-refractivity contribution in [3.8, 4) is 0 Å². The second-order valence-corrected chi connectivity index (χ2v) is 6.25. The molecule has 2 nitrogen and oxygen atoms in total. The van der Waals surface area contributed by atoms with E-state index in [0.29, 0.717) is 24.4 Å². The van der Waals surface area contributed by atoms with Gasteiger partial charge in [-0.2, -0.15) is 13.2 Å². The number of aliphatic hydroxyl groups is 1. The van der Waals surface area contributed by atoms with Crippen LogP contribution >= 0.6 is 0 Å². The maximum Gasteiger partial charge on any atom is 0.416 e. The van der Waals surface area contributed by atoms with Crippen molar-refractivity contribution in [2.75, 3.05) is 13.1 Å². The van der Waals surface area contributed by atoms with Gasteiger partial charge in [0.15, 0.2) is 0 Å². The second-order valence-electron chi connectivity index (χ2n) is 6.25. The number of piperidine rings is 2. The number of rotatable bonds is 1. The Morgan fingerprint density at radius 3 is 2.48 bits per heavy atom. The van der Waals surface area contributed by atoms with Crippen LogP contribution in [0.25, 0.3) is 0 Å². The molecule has 0 aromatic heterocycles. The van der Waals surface area contributed by atoms with Crippen molar-refractivity contribution in [2.45, 2.75) is 49.9 Å². The van der Waals surface area contributed by atoms with Gasteiger partial charge in [-0.05, 0) is 49.9 Å². The summed E-state index contributed by atoms with van der Waals surface area (Å²) in [4.78, 5) is 2.40. The Morgan fingerprint density at radius 1 is 1.10 bits per heavy atom. The first-order chi connectivity index (χ1) is 9.88. The molecule has 0 saturated carbocycles. The van der Waals surface area contributed by atoms with Gasteiger partial charge in [-0.15, -0.1) is 0 Å². The molecule has 0 aliphatic carbocycles. The third-order valence-electron chi connectivity index (χ3n) is 4.88. The van der Waals surface area contributed by atoms with E-state index in [0.717, 1.165) is 31.6 Å². The third kappa shape index (κ3) is 2.94. The lowest BCUT2D eigenvalue weighted by Gasteiger charge is -2.46. The van der Waals surface area contributed by atoms with Gasteiger partial charge in [0.1, 0.15) is 0 Å². The molecule has 0 spiro atoms. The largest absolute Gasteiger partial charge is 0.416 e. The summed E-state index contributed by atoms with van der Waals surface area (Å²) in [6, 6.07) is 5.36. The molecule has 2 saturated heterocycles. The fraction of sp³-hybridized carbons (Fsp3) is 0.625. The van der Waals surface area contributed by atoms with Crippen LogP contribution in [0.15, 0.2) is 24.3 Å². The molecule has 1 aromatic rings. The maximum absolute atomic E-state index is 12.6. The Kier molecular flexibility index (Phi) is 3.74. The second kappa shape index (κ2) is 5.29. The first-order valence-electron chi connectivity index (χ1n) is 7.53. The van der Waals surface area contributed by atoms with Crippen LogP contribution < -0.4 is 0 Å². The van der Waals surface area contributed by atoms with Crippen molar-refractivity contribution in [1.29, 1.82) is 0 Å². The van der Waals surface area contributed by atoms with E-state index in [1.54, 1.807) is 0 Å². The van der Waals surface area contributed by atoms with E-state index >= 15 is 0 Å². The van der Waals surface area contributed by atoms with Crippen LogP contribution in [-0.4, -0.2) is 29.1 Å². The van der Waals surface area contributed by atoms with E-state index in [1.807, 2.05) is 0 Å². The monoisotopic (exact) mass is 299 g/mol. The molecular formula is C16H20F3NO. The van der Waals surface area contributed by atoms with Crippen molar-refractivity contribution in [3.63, 3.8) is 0 Å². The first kappa shape index (κ1) is 14.9. The van der Waals surface area contributed by atoms with Gasteiger partial charge in [-0.1, -0.05) is 18.6 Å². The van der Waals surface area contributed by atoms with Crippen LogP contribution in [0.1, 0.15) is 43.2 Å². The molecule has 0 unspecified atom stereocenters. The Labute approximate surface area is 122 Å². The topological polar surface area (TPSA) is 23.5 Å². The molecule has 2 aliphatic heterocycles. The molecule has 116 valence electrons. The lowest BCUT2D eigenvalue weighted by Crippen LogP contribution is -2.50. The molecule has 0 amide bonds. The Bertz CT molecular complexity index is 499. The van der Waals surface area contributed by atoms with Crippen molar-refractivity contribution >= 4 is 0 Å². The summed E-state index contributed by atoms with van der Waals surface area (Å²) < 4.78 is 37.8. The fourth-order valence-corrected chi connectivity index (χ4v) is 3.64. The molecule has 1 aromatic carbocycles.